The maximum atomic E-state index is 11.3. The van der Waals surface area contributed by atoms with Crippen molar-refractivity contribution in [1.29, 1.82) is 0 Å². The van der Waals surface area contributed by atoms with Gasteiger partial charge in [-0.3, -0.25) is 4.79 Å². The first-order valence-corrected chi connectivity index (χ1v) is 6.27. The number of nitrogens with one attached hydrogen (secondary N) is 1. The molecule has 0 spiro atoms. The van der Waals surface area contributed by atoms with Crippen molar-refractivity contribution in [2.75, 3.05) is 6.54 Å². The molecule has 0 aromatic rings. The van der Waals surface area contributed by atoms with Gasteiger partial charge in [0.25, 0.3) is 5.91 Å². The van der Waals surface area contributed by atoms with Gasteiger partial charge in [-0.05, 0) is 44.4 Å². The number of urea groups is 1. The second kappa shape index (κ2) is 7.10. The molecule has 0 aromatic heterocycles. The molecule has 18 heavy (non-hydrogen) atoms. The van der Waals surface area contributed by atoms with Crippen molar-refractivity contribution in [1.82, 2.24) is 5.32 Å². The third kappa shape index (κ3) is 5.27. The molecule has 1 atom stereocenters. The van der Waals surface area contributed by atoms with Crippen LogP contribution in [0.15, 0.2) is 4.99 Å². The molecule has 1 rings (SSSR count). The van der Waals surface area contributed by atoms with E-state index in [0.717, 1.165) is 25.7 Å². The number of carbonyl (C=O) groups excluding carboxylic acids is 2. The van der Waals surface area contributed by atoms with E-state index in [1.54, 1.807) is 6.21 Å². The van der Waals surface area contributed by atoms with Crippen LogP contribution in [0, 0.1) is 11.8 Å². The summed E-state index contributed by atoms with van der Waals surface area (Å²) in [4.78, 5) is 25.4. The number of aliphatic hydroxyl groups excluding tert-OH is 1. The number of hydrogen-bond donors (Lipinski definition) is 3. The Labute approximate surface area is 107 Å². The lowest BCUT2D eigenvalue weighted by Gasteiger charge is -2.28. The molecule has 102 valence electrons. The summed E-state index contributed by atoms with van der Waals surface area (Å²) in [5.41, 5.74) is 4.85. The topological polar surface area (TPSA) is 105 Å². The Hall–Kier alpha value is -1.43. The zero-order valence-corrected chi connectivity index (χ0v) is 10.6. The van der Waals surface area contributed by atoms with Crippen LogP contribution in [-0.4, -0.2) is 35.9 Å². The van der Waals surface area contributed by atoms with Crippen molar-refractivity contribution in [3.63, 3.8) is 0 Å². The second-order valence-electron chi connectivity index (χ2n) is 4.81. The summed E-state index contributed by atoms with van der Waals surface area (Å²) in [5, 5.41) is 11.7. The molecule has 0 radical (unpaired) electrons. The maximum absolute atomic E-state index is 11.3. The largest absolute Gasteiger partial charge is 0.393 e. The van der Waals surface area contributed by atoms with E-state index in [4.69, 9.17) is 5.73 Å². The van der Waals surface area contributed by atoms with E-state index in [1.807, 2.05) is 6.92 Å². The highest BCUT2D eigenvalue weighted by molar-refractivity contribution is 5.89. The van der Waals surface area contributed by atoms with Crippen molar-refractivity contribution in [3.05, 3.63) is 0 Å². The second-order valence-corrected chi connectivity index (χ2v) is 4.81. The van der Waals surface area contributed by atoms with Gasteiger partial charge in [-0.15, -0.1) is 0 Å². The van der Waals surface area contributed by atoms with E-state index in [-0.39, 0.29) is 18.6 Å². The lowest BCUT2D eigenvalue weighted by atomic mass is 9.80. The molecule has 1 fully saturated rings. The van der Waals surface area contributed by atoms with E-state index in [0.29, 0.717) is 5.92 Å². The Kier molecular flexibility index (Phi) is 5.77. The summed E-state index contributed by atoms with van der Waals surface area (Å²) in [6, 6.07) is -0.726. The Morgan fingerprint density at radius 3 is 2.56 bits per heavy atom. The van der Waals surface area contributed by atoms with E-state index >= 15 is 0 Å². The van der Waals surface area contributed by atoms with Gasteiger partial charge in [0.05, 0.1) is 6.10 Å². The van der Waals surface area contributed by atoms with Crippen LogP contribution in [0.2, 0.25) is 0 Å². The summed E-state index contributed by atoms with van der Waals surface area (Å²) < 4.78 is 0. The van der Waals surface area contributed by atoms with Crippen LogP contribution in [0.4, 0.5) is 4.79 Å². The molecule has 3 amide bonds. The fraction of sp³-hybridized carbons (Fsp3) is 0.750. The van der Waals surface area contributed by atoms with Gasteiger partial charge in [-0.2, -0.15) is 0 Å². The number of nitrogens with zero attached hydrogens (tertiary/aromatic N) is 1. The predicted octanol–water partition coefficient (Wildman–Crippen LogP) is 0.439. The minimum atomic E-state index is -0.726. The van der Waals surface area contributed by atoms with Gasteiger partial charge < -0.3 is 16.2 Å². The minimum Gasteiger partial charge on any atom is -0.393 e. The highest BCUT2D eigenvalue weighted by Crippen LogP contribution is 2.29. The van der Waals surface area contributed by atoms with Crippen molar-refractivity contribution in [2.24, 2.45) is 22.6 Å². The minimum absolute atomic E-state index is 0.158. The van der Waals surface area contributed by atoms with Crippen molar-refractivity contribution >= 4 is 18.2 Å². The Morgan fingerprint density at radius 1 is 1.44 bits per heavy atom. The first-order valence-electron chi connectivity index (χ1n) is 6.27. The number of hydrogen-bond acceptors (Lipinski definition) is 3. The molecule has 0 heterocycles. The molecule has 0 bridgehead atoms. The normalized spacial score (nSPS) is 25.9. The van der Waals surface area contributed by atoms with Crippen LogP contribution in [0.1, 0.15) is 32.6 Å². The number of rotatable bonds is 4. The van der Waals surface area contributed by atoms with E-state index < -0.39 is 11.9 Å². The highest BCUT2D eigenvalue weighted by atomic mass is 16.3. The first kappa shape index (κ1) is 14.6. The number of primary amides is 1. The zero-order chi connectivity index (χ0) is 13.5. The van der Waals surface area contributed by atoms with E-state index in [2.05, 4.69) is 10.3 Å². The van der Waals surface area contributed by atoms with Gasteiger partial charge in [-0.1, -0.05) is 0 Å². The van der Waals surface area contributed by atoms with Crippen LogP contribution in [0.5, 0.6) is 0 Å². The molecular formula is C12H21N3O3. The summed E-state index contributed by atoms with van der Waals surface area (Å²) >= 11 is 0. The third-order valence-electron chi connectivity index (χ3n) is 3.34. The molecule has 0 aromatic carbocycles. The Morgan fingerprint density at radius 2 is 2.06 bits per heavy atom. The smallest absolute Gasteiger partial charge is 0.312 e. The molecular weight excluding hydrogens is 234 g/mol. The van der Waals surface area contributed by atoms with Gasteiger partial charge in [0.2, 0.25) is 0 Å². The van der Waals surface area contributed by atoms with Crippen LogP contribution in [0.25, 0.3) is 0 Å². The fourth-order valence-corrected chi connectivity index (χ4v) is 2.17. The summed E-state index contributed by atoms with van der Waals surface area (Å²) in [6.45, 7) is 1.66. The zero-order valence-electron chi connectivity index (χ0n) is 10.6. The molecule has 6 heteroatoms. The van der Waals surface area contributed by atoms with E-state index in [1.165, 1.54) is 0 Å². The number of amides is 3. The lowest BCUT2D eigenvalue weighted by molar-refractivity contribution is -0.116. The average molecular weight is 255 g/mol. The number of carbonyl (C=O) groups is 2. The fourth-order valence-electron chi connectivity index (χ4n) is 2.17. The van der Waals surface area contributed by atoms with Gasteiger partial charge in [0, 0.05) is 6.21 Å². The van der Waals surface area contributed by atoms with Crippen LogP contribution < -0.4 is 11.1 Å². The molecule has 1 saturated carbocycles. The molecule has 1 unspecified atom stereocenters. The van der Waals surface area contributed by atoms with E-state index in [9.17, 15) is 14.7 Å². The summed E-state index contributed by atoms with van der Waals surface area (Å²) in [6.07, 6.45) is 5.20. The maximum Gasteiger partial charge on any atom is 0.312 e. The van der Waals surface area contributed by atoms with Crippen molar-refractivity contribution in [3.8, 4) is 0 Å². The SMILES string of the molecule is CC(O)C1CCC(C=NC(=O)CNC(N)=O)CC1. The number of nitrogens with two attached hydrogens (primary N) is 1. The number of aliphatic hydroxyl groups is 1. The Balaban J connectivity index is 2.27. The van der Waals surface area contributed by atoms with Gasteiger partial charge in [0.15, 0.2) is 0 Å². The highest BCUT2D eigenvalue weighted by Gasteiger charge is 2.23. The number of aliphatic imine (C=N–C) groups is 1. The monoisotopic (exact) mass is 255 g/mol. The van der Waals surface area contributed by atoms with Gasteiger partial charge in [-0.25, -0.2) is 9.79 Å². The summed E-state index contributed by atoms with van der Waals surface area (Å²) in [7, 11) is 0. The lowest BCUT2D eigenvalue weighted by Crippen LogP contribution is -2.33. The first-order chi connectivity index (χ1) is 8.49. The molecule has 6 nitrogen and oxygen atoms in total. The average Bonchev–Trinajstić information content (AvgIpc) is 2.34. The van der Waals surface area contributed by atoms with Crippen LogP contribution in [0.3, 0.4) is 0 Å². The van der Waals surface area contributed by atoms with Crippen LogP contribution >= 0.6 is 0 Å². The summed E-state index contributed by atoms with van der Waals surface area (Å²) in [5.74, 6) is 0.255. The van der Waals surface area contributed by atoms with Crippen molar-refractivity contribution in [2.45, 2.75) is 38.7 Å². The van der Waals surface area contributed by atoms with Gasteiger partial charge in [0.1, 0.15) is 6.54 Å². The molecule has 0 aliphatic heterocycles. The third-order valence-corrected chi connectivity index (χ3v) is 3.34. The molecule has 1 aliphatic rings. The van der Waals surface area contributed by atoms with Crippen molar-refractivity contribution < 1.29 is 14.7 Å². The predicted molar refractivity (Wildman–Crippen MR) is 68.2 cm³/mol. The molecule has 0 saturated heterocycles. The van der Waals surface area contributed by atoms with Crippen LogP contribution in [-0.2, 0) is 4.79 Å². The molecule has 4 N–H and O–H groups in total. The van der Waals surface area contributed by atoms with Gasteiger partial charge >= 0.3 is 6.03 Å². The quantitative estimate of drug-likeness (QED) is 0.635. The molecule has 1 aliphatic carbocycles. The Bertz CT molecular complexity index is 321. The standard InChI is InChI=1S/C12H21N3O3/c1-8(16)10-4-2-9(3-5-10)6-14-11(17)7-15-12(13)18/h6,8-10,16H,2-5,7H2,1H3,(H3,13,15,18).